The third-order valence-corrected chi connectivity index (χ3v) is 10.5. The minimum absolute atomic E-state index is 0.123. The van der Waals surface area contributed by atoms with Crippen LogP contribution < -0.4 is 4.90 Å². The van der Waals surface area contributed by atoms with Gasteiger partial charge in [-0.05, 0) is 103 Å². The molecule has 0 aliphatic heterocycles. The van der Waals surface area contributed by atoms with E-state index in [1.54, 1.807) is 0 Å². The predicted octanol–water partition coefficient (Wildman–Crippen LogP) is 13.8. The van der Waals surface area contributed by atoms with Crippen LogP contribution in [-0.2, 0) is 10.8 Å². The maximum absolute atomic E-state index is 2.43. The van der Waals surface area contributed by atoms with Crippen LogP contribution >= 0.6 is 0 Å². The molecule has 0 aromatic heterocycles. The average molecular weight is 646 g/mol. The van der Waals surface area contributed by atoms with Crippen LogP contribution in [0.2, 0.25) is 0 Å². The highest BCUT2D eigenvalue weighted by molar-refractivity contribution is 5.94. The number of anilines is 3. The molecule has 7 aromatic carbocycles. The van der Waals surface area contributed by atoms with E-state index in [9.17, 15) is 0 Å². The molecular weight excluding hydrogens is 603 g/mol. The molecule has 0 atom stereocenters. The first kappa shape index (κ1) is 31.6. The molecule has 244 valence electrons. The Balaban J connectivity index is 1.23. The zero-order valence-corrected chi connectivity index (χ0v) is 29.6. The van der Waals surface area contributed by atoms with Crippen LogP contribution in [0.5, 0.6) is 0 Å². The fourth-order valence-corrected chi connectivity index (χ4v) is 7.62. The fourth-order valence-electron chi connectivity index (χ4n) is 7.62. The summed E-state index contributed by atoms with van der Waals surface area (Å²) in [5.41, 5.74) is 17.6. The summed E-state index contributed by atoms with van der Waals surface area (Å²) in [4.78, 5) is 2.40. The lowest BCUT2D eigenvalue weighted by Crippen LogP contribution is -2.16. The van der Waals surface area contributed by atoms with Crippen molar-refractivity contribution in [2.45, 2.75) is 45.4 Å². The second-order valence-corrected chi connectivity index (χ2v) is 15.1. The lowest BCUT2D eigenvalue weighted by molar-refractivity contribution is 0.590. The molecule has 1 nitrogen and oxygen atoms in total. The van der Waals surface area contributed by atoms with Crippen molar-refractivity contribution in [2.75, 3.05) is 4.90 Å². The van der Waals surface area contributed by atoms with Crippen molar-refractivity contribution in [3.63, 3.8) is 0 Å². The molecule has 1 aliphatic rings. The number of nitrogens with zero attached hydrogens (tertiary/aromatic N) is 1. The maximum atomic E-state index is 2.43. The standard InChI is InChI=1S/C49H43N/c1-48(2,3)39-25-19-38(20-26-39)43-17-12-18-45-47(43)44-32-31-42(33-46(44)49(45,4)5)50(40-27-21-36(22-28-40)34-13-8-6-9-14-34)41-29-23-37(24-30-41)35-15-10-7-11-16-35/h6-33H,1-5H3. The third kappa shape index (κ3) is 5.63. The predicted molar refractivity (Wildman–Crippen MR) is 214 cm³/mol. The minimum Gasteiger partial charge on any atom is -0.310 e. The lowest BCUT2D eigenvalue weighted by atomic mass is 9.81. The summed E-state index contributed by atoms with van der Waals surface area (Å²) in [7, 11) is 0. The molecule has 1 aliphatic carbocycles. The molecule has 0 N–H and O–H groups in total. The van der Waals surface area contributed by atoms with Gasteiger partial charge in [0.25, 0.3) is 0 Å². The minimum atomic E-state index is -0.151. The van der Waals surface area contributed by atoms with Gasteiger partial charge in [0.15, 0.2) is 0 Å². The molecule has 0 heterocycles. The van der Waals surface area contributed by atoms with Crippen molar-refractivity contribution >= 4 is 17.1 Å². The molecule has 8 rings (SSSR count). The Morgan fingerprint density at radius 2 is 0.880 bits per heavy atom. The number of hydrogen-bond acceptors (Lipinski definition) is 1. The highest BCUT2D eigenvalue weighted by Gasteiger charge is 2.37. The Hall–Kier alpha value is -5.66. The van der Waals surface area contributed by atoms with E-state index in [-0.39, 0.29) is 10.8 Å². The number of rotatable bonds is 6. The summed E-state index contributed by atoms with van der Waals surface area (Å²) in [6, 6.07) is 62.3. The van der Waals surface area contributed by atoms with Crippen molar-refractivity contribution in [1.82, 2.24) is 0 Å². The molecule has 0 spiro atoms. The monoisotopic (exact) mass is 645 g/mol. The van der Waals surface area contributed by atoms with E-state index in [1.807, 2.05) is 0 Å². The van der Waals surface area contributed by atoms with Gasteiger partial charge in [-0.1, -0.05) is 168 Å². The van der Waals surface area contributed by atoms with Crippen molar-refractivity contribution in [3.05, 3.63) is 187 Å². The molecule has 0 saturated heterocycles. The van der Waals surface area contributed by atoms with Gasteiger partial charge < -0.3 is 4.90 Å². The SMILES string of the molecule is CC(C)(C)c1ccc(-c2cccc3c2-c2ccc(N(c4ccc(-c5ccccc5)cc4)c4ccc(-c5ccccc5)cc4)cc2C3(C)C)cc1. The van der Waals surface area contributed by atoms with Crippen LogP contribution in [0.3, 0.4) is 0 Å². The Bertz CT molecular complexity index is 2190. The fraction of sp³-hybridized carbons (Fsp3) is 0.143. The highest BCUT2D eigenvalue weighted by Crippen LogP contribution is 2.53. The molecule has 0 unspecified atom stereocenters. The van der Waals surface area contributed by atoms with Crippen LogP contribution in [0, 0.1) is 0 Å². The third-order valence-electron chi connectivity index (χ3n) is 10.5. The van der Waals surface area contributed by atoms with Crippen molar-refractivity contribution < 1.29 is 0 Å². The first-order valence-corrected chi connectivity index (χ1v) is 17.7. The van der Waals surface area contributed by atoms with Crippen LogP contribution in [0.15, 0.2) is 170 Å². The maximum Gasteiger partial charge on any atom is 0.0465 e. The van der Waals surface area contributed by atoms with E-state index in [2.05, 4.69) is 209 Å². The Morgan fingerprint density at radius 3 is 1.40 bits per heavy atom. The highest BCUT2D eigenvalue weighted by atomic mass is 15.1. The number of hydrogen-bond donors (Lipinski definition) is 0. The van der Waals surface area contributed by atoms with E-state index in [0.717, 1.165) is 17.1 Å². The Kier molecular flexibility index (Phi) is 7.80. The molecule has 0 amide bonds. The zero-order chi connectivity index (χ0) is 34.5. The molecule has 1 heteroatoms. The van der Waals surface area contributed by atoms with E-state index >= 15 is 0 Å². The summed E-state index contributed by atoms with van der Waals surface area (Å²) in [6.07, 6.45) is 0. The summed E-state index contributed by atoms with van der Waals surface area (Å²) in [5, 5.41) is 0. The van der Waals surface area contributed by atoms with Crippen LogP contribution in [0.4, 0.5) is 17.1 Å². The molecule has 50 heavy (non-hydrogen) atoms. The Labute approximate surface area is 297 Å². The van der Waals surface area contributed by atoms with Gasteiger partial charge in [-0.25, -0.2) is 0 Å². The molecular formula is C49H43N. The van der Waals surface area contributed by atoms with Gasteiger partial charge in [0, 0.05) is 22.5 Å². The van der Waals surface area contributed by atoms with Gasteiger partial charge in [-0.3, -0.25) is 0 Å². The van der Waals surface area contributed by atoms with Gasteiger partial charge in [-0.2, -0.15) is 0 Å². The quantitative estimate of drug-likeness (QED) is 0.174. The summed E-state index contributed by atoms with van der Waals surface area (Å²) in [5.74, 6) is 0. The second-order valence-electron chi connectivity index (χ2n) is 15.1. The molecule has 0 fully saturated rings. The normalized spacial score (nSPS) is 13.1. The smallest absolute Gasteiger partial charge is 0.0465 e. The van der Waals surface area contributed by atoms with E-state index in [1.165, 1.54) is 61.2 Å². The molecule has 0 radical (unpaired) electrons. The van der Waals surface area contributed by atoms with Gasteiger partial charge in [0.05, 0.1) is 0 Å². The van der Waals surface area contributed by atoms with Gasteiger partial charge in [0.1, 0.15) is 0 Å². The lowest BCUT2D eigenvalue weighted by Gasteiger charge is -2.28. The average Bonchev–Trinajstić information content (AvgIpc) is 3.38. The topological polar surface area (TPSA) is 3.24 Å². The molecule has 0 saturated carbocycles. The van der Waals surface area contributed by atoms with Gasteiger partial charge in [-0.15, -0.1) is 0 Å². The number of benzene rings is 7. The van der Waals surface area contributed by atoms with Crippen molar-refractivity contribution in [3.8, 4) is 44.5 Å². The van der Waals surface area contributed by atoms with Crippen LogP contribution in [0.1, 0.15) is 51.3 Å². The molecule has 0 bridgehead atoms. The van der Waals surface area contributed by atoms with E-state index in [0.29, 0.717) is 0 Å². The largest absolute Gasteiger partial charge is 0.310 e. The number of fused-ring (bicyclic) bond motifs is 3. The Morgan fingerprint density at radius 1 is 0.400 bits per heavy atom. The summed E-state index contributed by atoms with van der Waals surface area (Å²) in [6.45, 7) is 11.6. The van der Waals surface area contributed by atoms with E-state index in [4.69, 9.17) is 0 Å². The van der Waals surface area contributed by atoms with Crippen LogP contribution in [-0.4, -0.2) is 0 Å². The van der Waals surface area contributed by atoms with Crippen molar-refractivity contribution in [1.29, 1.82) is 0 Å². The van der Waals surface area contributed by atoms with Crippen molar-refractivity contribution in [2.24, 2.45) is 0 Å². The zero-order valence-electron chi connectivity index (χ0n) is 29.6. The molecule has 7 aromatic rings. The van der Waals surface area contributed by atoms with E-state index < -0.39 is 0 Å². The van der Waals surface area contributed by atoms with Crippen LogP contribution in [0.25, 0.3) is 44.5 Å². The first-order valence-electron chi connectivity index (χ1n) is 17.7. The summed E-state index contributed by atoms with van der Waals surface area (Å²) >= 11 is 0. The van der Waals surface area contributed by atoms with Gasteiger partial charge in [0.2, 0.25) is 0 Å². The van der Waals surface area contributed by atoms with Gasteiger partial charge >= 0.3 is 0 Å². The summed E-state index contributed by atoms with van der Waals surface area (Å²) < 4.78 is 0. The first-order chi connectivity index (χ1) is 24.2. The second kappa shape index (κ2) is 12.3.